The number of ether oxygens (including phenoxy) is 1. The van der Waals surface area contributed by atoms with Gasteiger partial charge < -0.3 is 4.74 Å². The minimum absolute atomic E-state index is 0.141. The van der Waals surface area contributed by atoms with Gasteiger partial charge >= 0.3 is 6.11 Å². The molecule has 2 aromatic rings. The fourth-order valence-electron chi connectivity index (χ4n) is 4.30. The van der Waals surface area contributed by atoms with Gasteiger partial charge in [-0.25, -0.2) is 17.6 Å². The van der Waals surface area contributed by atoms with Crippen molar-refractivity contribution in [2.75, 3.05) is 0 Å². The minimum Gasteiger partial charge on any atom is -0.429 e. The van der Waals surface area contributed by atoms with Gasteiger partial charge in [0.25, 0.3) is 0 Å². The molecule has 1 aliphatic carbocycles. The maximum atomic E-state index is 14.6. The quantitative estimate of drug-likeness (QED) is 0.307. The van der Waals surface area contributed by atoms with E-state index in [9.17, 15) is 26.3 Å². The number of allylic oxidation sites excluding steroid dienone is 2. The minimum atomic E-state index is -4.54. The maximum Gasteiger partial charge on any atom is 0.432 e. The third-order valence-electron chi connectivity index (χ3n) is 6.02. The average molecular weight is 467 g/mol. The fourth-order valence-corrected chi connectivity index (χ4v) is 4.30. The Bertz CT molecular complexity index is 1020. The number of halogens is 6. The topological polar surface area (TPSA) is 33.0 Å². The molecule has 2 nitrogen and oxygen atoms in total. The van der Waals surface area contributed by atoms with E-state index in [1.165, 1.54) is 6.07 Å². The molecule has 1 fully saturated rings. The van der Waals surface area contributed by atoms with E-state index in [0.717, 1.165) is 37.8 Å². The van der Waals surface area contributed by atoms with E-state index in [0.29, 0.717) is 36.5 Å². The van der Waals surface area contributed by atoms with Crippen LogP contribution in [0, 0.1) is 40.5 Å². The van der Waals surface area contributed by atoms with Crippen LogP contribution in [0.25, 0.3) is 0 Å². The Morgan fingerprint density at radius 1 is 0.970 bits per heavy atom. The lowest BCUT2D eigenvalue weighted by Gasteiger charge is -2.29. The van der Waals surface area contributed by atoms with Crippen LogP contribution in [0.3, 0.4) is 0 Å². The zero-order valence-corrected chi connectivity index (χ0v) is 18.0. The van der Waals surface area contributed by atoms with Gasteiger partial charge in [-0.15, -0.1) is 0 Å². The Hall–Kier alpha value is -2.95. The zero-order chi connectivity index (χ0) is 24.2. The second kappa shape index (κ2) is 10.3. The number of rotatable bonds is 7. The molecule has 0 spiro atoms. The molecule has 2 aromatic carbocycles. The van der Waals surface area contributed by atoms with E-state index in [2.05, 4.69) is 10.8 Å². The molecule has 3 rings (SSSR count). The summed E-state index contributed by atoms with van der Waals surface area (Å²) < 4.78 is 90.0. The normalized spacial score (nSPS) is 19.0. The summed E-state index contributed by atoms with van der Waals surface area (Å²) in [5.41, 5.74) is -2.33. The summed E-state index contributed by atoms with van der Waals surface area (Å²) in [5, 5.41) is 8.65. The molecule has 8 heteroatoms. The van der Waals surface area contributed by atoms with Crippen LogP contribution in [0.2, 0.25) is 0 Å². The molecule has 0 radical (unpaired) electrons. The predicted molar refractivity (Wildman–Crippen MR) is 111 cm³/mol. The van der Waals surface area contributed by atoms with Crippen LogP contribution < -0.4 is 4.74 Å². The molecule has 0 N–H and O–H groups in total. The zero-order valence-electron chi connectivity index (χ0n) is 18.0. The maximum absolute atomic E-state index is 14.6. The highest BCUT2D eigenvalue weighted by atomic mass is 19.3. The van der Waals surface area contributed by atoms with Crippen LogP contribution in [0.1, 0.15) is 68.1 Å². The van der Waals surface area contributed by atoms with Gasteiger partial charge in [-0.05, 0) is 75.0 Å². The van der Waals surface area contributed by atoms with Crippen molar-refractivity contribution in [1.82, 2.24) is 0 Å². The molecule has 0 amide bonds. The van der Waals surface area contributed by atoms with Crippen LogP contribution in [0.4, 0.5) is 26.3 Å². The van der Waals surface area contributed by atoms with E-state index in [1.54, 1.807) is 0 Å². The molecule has 176 valence electrons. The fraction of sp³-hybridized carbons (Fsp3) is 0.400. The third-order valence-corrected chi connectivity index (χ3v) is 6.02. The molecule has 0 bridgehead atoms. The number of hydrogen-bond acceptors (Lipinski definition) is 2. The van der Waals surface area contributed by atoms with E-state index < -0.39 is 46.3 Å². The molecule has 0 heterocycles. The van der Waals surface area contributed by atoms with Crippen molar-refractivity contribution in [1.29, 1.82) is 5.26 Å². The van der Waals surface area contributed by atoms with Crippen LogP contribution in [-0.2, 0) is 6.11 Å². The first-order valence-corrected chi connectivity index (χ1v) is 10.7. The Kier molecular flexibility index (Phi) is 7.72. The van der Waals surface area contributed by atoms with Gasteiger partial charge in [0.15, 0.2) is 0 Å². The van der Waals surface area contributed by atoms with Crippen molar-refractivity contribution in [3.8, 4) is 11.8 Å². The number of hydrogen-bond donors (Lipinski definition) is 0. The van der Waals surface area contributed by atoms with Crippen LogP contribution >= 0.6 is 0 Å². The molecular weight excluding hydrogens is 444 g/mol. The van der Waals surface area contributed by atoms with Crippen LogP contribution in [0.15, 0.2) is 36.4 Å². The highest BCUT2D eigenvalue weighted by Crippen LogP contribution is 2.41. The number of alkyl halides is 2. The summed E-state index contributed by atoms with van der Waals surface area (Å²) in [5.74, 6) is -6.48. The molecule has 1 aliphatic rings. The molecule has 0 aliphatic heterocycles. The van der Waals surface area contributed by atoms with Gasteiger partial charge in [-0.1, -0.05) is 12.2 Å². The van der Waals surface area contributed by atoms with Gasteiger partial charge in [-0.3, -0.25) is 0 Å². The van der Waals surface area contributed by atoms with Crippen molar-refractivity contribution in [3.05, 3.63) is 76.4 Å². The second-order valence-corrected chi connectivity index (χ2v) is 8.22. The van der Waals surface area contributed by atoms with Crippen molar-refractivity contribution < 1.29 is 31.1 Å². The van der Waals surface area contributed by atoms with Crippen LogP contribution in [0.5, 0.6) is 5.75 Å². The summed E-state index contributed by atoms with van der Waals surface area (Å²) in [7, 11) is 0. The van der Waals surface area contributed by atoms with Gasteiger partial charge in [0.05, 0.1) is 0 Å². The summed E-state index contributed by atoms with van der Waals surface area (Å²) >= 11 is 0. The molecule has 1 saturated carbocycles. The van der Waals surface area contributed by atoms with Crippen LogP contribution in [-0.4, -0.2) is 0 Å². The van der Waals surface area contributed by atoms with E-state index in [4.69, 9.17) is 5.26 Å². The third kappa shape index (κ3) is 5.70. The lowest BCUT2D eigenvalue weighted by molar-refractivity contribution is -0.189. The summed E-state index contributed by atoms with van der Waals surface area (Å²) in [6, 6.07) is 3.70. The van der Waals surface area contributed by atoms with Gasteiger partial charge in [0.2, 0.25) is 0 Å². The van der Waals surface area contributed by atoms with Gasteiger partial charge in [0, 0.05) is 12.1 Å². The van der Waals surface area contributed by atoms with Gasteiger partial charge in [0.1, 0.15) is 46.2 Å². The Balaban J connectivity index is 1.77. The predicted octanol–water partition coefficient (Wildman–Crippen LogP) is 7.87. The number of nitrogens with zero attached hydrogens (tertiary/aromatic N) is 1. The molecular formula is C25H23F6NO. The lowest BCUT2D eigenvalue weighted by atomic mass is 9.77. The molecule has 0 aromatic heterocycles. The molecule has 0 atom stereocenters. The van der Waals surface area contributed by atoms with E-state index in [-0.39, 0.29) is 5.92 Å². The Labute approximate surface area is 188 Å². The highest BCUT2D eigenvalue weighted by molar-refractivity contribution is 5.39. The van der Waals surface area contributed by atoms with Gasteiger partial charge in [-0.2, -0.15) is 14.0 Å². The molecule has 0 unspecified atom stereocenters. The largest absolute Gasteiger partial charge is 0.432 e. The van der Waals surface area contributed by atoms with Crippen molar-refractivity contribution in [2.24, 2.45) is 5.92 Å². The lowest BCUT2D eigenvalue weighted by Crippen LogP contribution is -2.26. The van der Waals surface area contributed by atoms with E-state index >= 15 is 0 Å². The Morgan fingerprint density at radius 2 is 1.55 bits per heavy atom. The number of nitriles is 1. The number of benzene rings is 2. The Morgan fingerprint density at radius 3 is 2.06 bits per heavy atom. The standard InChI is InChI=1S/C25H23F6NO/c1-2-3-4-5-15-6-8-16(9-7-15)17-10-22(28)24(23(29)11-17)25(30,31)33-18-12-20(26)19(14-32)21(27)13-18/h2-3,10-13,15-16H,4-9H2,1H3/b3-2-. The first-order chi connectivity index (χ1) is 15.7. The summed E-state index contributed by atoms with van der Waals surface area (Å²) in [6.07, 6.45) is 4.76. The molecule has 0 saturated heterocycles. The van der Waals surface area contributed by atoms with E-state index in [1.807, 2.05) is 13.0 Å². The second-order valence-electron chi connectivity index (χ2n) is 8.22. The highest BCUT2D eigenvalue weighted by Gasteiger charge is 2.42. The van der Waals surface area contributed by atoms with Crippen molar-refractivity contribution in [2.45, 2.75) is 57.5 Å². The van der Waals surface area contributed by atoms with Crippen molar-refractivity contribution in [3.63, 3.8) is 0 Å². The molecule has 33 heavy (non-hydrogen) atoms. The summed E-state index contributed by atoms with van der Waals surface area (Å²) in [6.45, 7) is 1.96. The van der Waals surface area contributed by atoms with Crippen molar-refractivity contribution >= 4 is 0 Å². The first kappa shape index (κ1) is 24.7. The SMILES string of the molecule is C/C=C\CCC1CCC(c2cc(F)c(C(F)(F)Oc3cc(F)c(C#N)c(F)c3)c(F)c2)CC1. The summed E-state index contributed by atoms with van der Waals surface area (Å²) in [4.78, 5) is 0. The first-order valence-electron chi connectivity index (χ1n) is 10.7. The monoisotopic (exact) mass is 467 g/mol. The smallest absolute Gasteiger partial charge is 0.429 e. The average Bonchev–Trinajstić information content (AvgIpc) is 2.73.